The number of rotatable bonds is 7. The van der Waals surface area contributed by atoms with Gasteiger partial charge in [-0.1, -0.05) is 48.0 Å². The fraction of sp³-hybridized carbons (Fsp3) is 0.448. The summed E-state index contributed by atoms with van der Waals surface area (Å²) < 4.78 is 7.37. The van der Waals surface area contributed by atoms with Gasteiger partial charge in [0.2, 0.25) is 5.95 Å². The summed E-state index contributed by atoms with van der Waals surface area (Å²) in [5.41, 5.74) is 6.31. The molecule has 0 atom stereocenters. The van der Waals surface area contributed by atoms with Crippen LogP contribution in [0.3, 0.4) is 0 Å². The largest absolute Gasteiger partial charge is 0.379 e. The molecule has 1 fully saturated rings. The standard InChI is InChI=1S/C29H37N5O2/c1-22-10-11-27(23(2)18-22)33-20-32(13-7-12-31-14-16-36-17-15-31)21-34-28(35)26(24(3)30-29(33)34)19-25-8-5-4-6-9-25/h4-6,8-11,18H,7,12-17,19-21H2,1-3H3. The van der Waals surface area contributed by atoms with Crippen LogP contribution in [0.25, 0.3) is 0 Å². The summed E-state index contributed by atoms with van der Waals surface area (Å²) >= 11 is 0. The molecular weight excluding hydrogens is 450 g/mol. The first-order chi connectivity index (χ1) is 17.5. The van der Waals surface area contributed by atoms with E-state index in [-0.39, 0.29) is 5.56 Å². The number of morpholine rings is 1. The first-order valence-electron chi connectivity index (χ1n) is 13.0. The van der Waals surface area contributed by atoms with Gasteiger partial charge in [-0.15, -0.1) is 0 Å². The number of nitrogens with zero attached hydrogens (tertiary/aromatic N) is 5. The molecule has 0 radical (unpaired) electrons. The van der Waals surface area contributed by atoms with Crippen LogP contribution in [0.1, 0.15) is 34.4 Å². The highest BCUT2D eigenvalue weighted by Gasteiger charge is 2.28. The van der Waals surface area contributed by atoms with Crippen molar-refractivity contribution in [2.24, 2.45) is 0 Å². The smallest absolute Gasteiger partial charge is 0.259 e. The Morgan fingerprint density at radius 1 is 0.917 bits per heavy atom. The molecule has 0 bridgehead atoms. The third kappa shape index (κ3) is 5.38. The number of fused-ring (bicyclic) bond motifs is 1. The van der Waals surface area contributed by atoms with Gasteiger partial charge >= 0.3 is 0 Å². The quantitative estimate of drug-likeness (QED) is 0.505. The molecule has 190 valence electrons. The molecule has 0 aliphatic carbocycles. The minimum Gasteiger partial charge on any atom is -0.379 e. The van der Waals surface area contributed by atoms with E-state index in [1.165, 1.54) is 11.1 Å². The lowest BCUT2D eigenvalue weighted by molar-refractivity contribution is 0.0354. The summed E-state index contributed by atoms with van der Waals surface area (Å²) in [6.45, 7) is 13.1. The molecule has 1 saturated heterocycles. The van der Waals surface area contributed by atoms with Crippen molar-refractivity contribution in [1.29, 1.82) is 0 Å². The van der Waals surface area contributed by atoms with Crippen LogP contribution in [-0.2, 0) is 17.8 Å². The summed E-state index contributed by atoms with van der Waals surface area (Å²) in [4.78, 5) is 25.9. The Balaban J connectivity index is 1.46. The lowest BCUT2D eigenvalue weighted by Crippen LogP contribution is -2.49. The van der Waals surface area contributed by atoms with Crippen molar-refractivity contribution in [1.82, 2.24) is 19.4 Å². The van der Waals surface area contributed by atoms with Crippen molar-refractivity contribution in [3.05, 3.63) is 86.8 Å². The van der Waals surface area contributed by atoms with E-state index < -0.39 is 0 Å². The molecule has 5 rings (SSSR count). The van der Waals surface area contributed by atoms with Gasteiger partial charge in [0.15, 0.2) is 0 Å². The minimum absolute atomic E-state index is 0.0639. The lowest BCUT2D eigenvalue weighted by Gasteiger charge is -2.39. The molecule has 7 heteroatoms. The van der Waals surface area contributed by atoms with Crippen molar-refractivity contribution < 1.29 is 4.74 Å². The number of aromatic nitrogens is 2. The highest BCUT2D eigenvalue weighted by atomic mass is 16.5. The summed E-state index contributed by atoms with van der Waals surface area (Å²) in [6, 6.07) is 16.7. The van der Waals surface area contributed by atoms with Crippen molar-refractivity contribution in [2.75, 3.05) is 51.0 Å². The van der Waals surface area contributed by atoms with Crippen molar-refractivity contribution >= 4 is 11.6 Å². The molecule has 36 heavy (non-hydrogen) atoms. The van der Waals surface area contributed by atoms with E-state index in [0.717, 1.165) is 80.9 Å². The second-order valence-electron chi connectivity index (χ2n) is 10.1. The van der Waals surface area contributed by atoms with Crippen LogP contribution in [0.2, 0.25) is 0 Å². The van der Waals surface area contributed by atoms with Crippen LogP contribution in [-0.4, -0.2) is 65.4 Å². The third-order valence-corrected chi connectivity index (χ3v) is 7.29. The van der Waals surface area contributed by atoms with Crippen LogP contribution >= 0.6 is 0 Å². The fourth-order valence-corrected chi connectivity index (χ4v) is 5.31. The number of hydrogen-bond donors (Lipinski definition) is 0. The molecule has 2 aromatic carbocycles. The van der Waals surface area contributed by atoms with E-state index in [9.17, 15) is 4.79 Å². The zero-order chi connectivity index (χ0) is 25.1. The van der Waals surface area contributed by atoms with Crippen LogP contribution in [0, 0.1) is 20.8 Å². The van der Waals surface area contributed by atoms with E-state index in [2.05, 4.69) is 58.9 Å². The topological polar surface area (TPSA) is 53.8 Å². The SMILES string of the molecule is Cc1ccc(N2CN(CCCN3CCOCC3)Cn3c2nc(C)c(Cc2ccccc2)c3=O)c(C)c1. The highest BCUT2D eigenvalue weighted by molar-refractivity contribution is 5.63. The average molecular weight is 488 g/mol. The van der Waals surface area contributed by atoms with Gasteiger partial charge < -0.3 is 4.74 Å². The molecule has 2 aliphatic heterocycles. The normalized spacial score (nSPS) is 16.8. The first-order valence-corrected chi connectivity index (χ1v) is 13.0. The van der Waals surface area contributed by atoms with Gasteiger partial charge in [0.05, 0.1) is 32.2 Å². The zero-order valence-corrected chi connectivity index (χ0v) is 21.7. The van der Waals surface area contributed by atoms with Gasteiger partial charge in [-0.2, -0.15) is 0 Å². The molecule has 1 aromatic heterocycles. The van der Waals surface area contributed by atoms with Gasteiger partial charge in [0.1, 0.15) is 0 Å². The molecule has 7 nitrogen and oxygen atoms in total. The molecular formula is C29H37N5O2. The van der Waals surface area contributed by atoms with E-state index in [1.54, 1.807) is 0 Å². The van der Waals surface area contributed by atoms with Gasteiger partial charge in [-0.05, 0) is 50.9 Å². The summed E-state index contributed by atoms with van der Waals surface area (Å²) in [7, 11) is 0. The van der Waals surface area contributed by atoms with E-state index in [4.69, 9.17) is 9.72 Å². The Morgan fingerprint density at radius 3 is 2.42 bits per heavy atom. The van der Waals surface area contributed by atoms with Crippen LogP contribution in [0.5, 0.6) is 0 Å². The van der Waals surface area contributed by atoms with Crippen LogP contribution < -0.4 is 10.5 Å². The number of hydrogen-bond acceptors (Lipinski definition) is 6. The monoisotopic (exact) mass is 487 g/mol. The third-order valence-electron chi connectivity index (χ3n) is 7.29. The minimum atomic E-state index is 0.0639. The Bertz CT molecular complexity index is 1250. The predicted molar refractivity (Wildman–Crippen MR) is 144 cm³/mol. The Kier molecular flexibility index (Phi) is 7.51. The molecule has 2 aliphatic rings. The van der Waals surface area contributed by atoms with Crippen molar-refractivity contribution in [3.8, 4) is 0 Å². The fourth-order valence-electron chi connectivity index (χ4n) is 5.31. The maximum absolute atomic E-state index is 13.9. The Labute approximate surface area is 213 Å². The van der Waals surface area contributed by atoms with Crippen molar-refractivity contribution in [2.45, 2.75) is 40.3 Å². The average Bonchev–Trinajstić information content (AvgIpc) is 2.88. The van der Waals surface area contributed by atoms with E-state index >= 15 is 0 Å². The molecule has 0 N–H and O–H groups in total. The summed E-state index contributed by atoms with van der Waals surface area (Å²) in [5, 5.41) is 0. The number of aryl methyl sites for hydroxylation is 3. The number of benzene rings is 2. The van der Waals surface area contributed by atoms with E-state index in [1.807, 2.05) is 29.7 Å². The van der Waals surface area contributed by atoms with Gasteiger partial charge in [-0.25, -0.2) is 4.98 Å². The molecule has 3 heterocycles. The maximum atomic E-state index is 13.9. The van der Waals surface area contributed by atoms with Crippen LogP contribution in [0.4, 0.5) is 11.6 Å². The molecule has 0 unspecified atom stereocenters. The predicted octanol–water partition coefficient (Wildman–Crippen LogP) is 3.85. The lowest BCUT2D eigenvalue weighted by atomic mass is 10.0. The van der Waals surface area contributed by atoms with Gasteiger partial charge in [0.25, 0.3) is 5.56 Å². The van der Waals surface area contributed by atoms with Gasteiger partial charge in [0, 0.05) is 37.3 Å². The molecule has 0 saturated carbocycles. The van der Waals surface area contributed by atoms with Crippen molar-refractivity contribution in [3.63, 3.8) is 0 Å². The number of anilines is 2. The molecule has 3 aromatic rings. The van der Waals surface area contributed by atoms with E-state index in [0.29, 0.717) is 13.1 Å². The van der Waals surface area contributed by atoms with Crippen LogP contribution in [0.15, 0.2) is 53.3 Å². The molecule has 0 amide bonds. The Hall–Kier alpha value is -3.00. The second kappa shape index (κ2) is 10.9. The molecule has 0 spiro atoms. The van der Waals surface area contributed by atoms with Gasteiger partial charge in [-0.3, -0.25) is 24.1 Å². The second-order valence-corrected chi connectivity index (χ2v) is 10.1. The maximum Gasteiger partial charge on any atom is 0.259 e. The first kappa shape index (κ1) is 24.7. The highest BCUT2D eigenvalue weighted by Crippen LogP contribution is 2.31. The number of ether oxygens (including phenoxy) is 1. The summed E-state index contributed by atoms with van der Waals surface area (Å²) in [6.07, 6.45) is 1.65. The Morgan fingerprint density at radius 2 is 1.67 bits per heavy atom. The zero-order valence-electron chi connectivity index (χ0n) is 21.7. The summed E-state index contributed by atoms with van der Waals surface area (Å²) in [5.74, 6) is 0.741.